The van der Waals surface area contributed by atoms with Gasteiger partial charge in [0.25, 0.3) is 0 Å². The van der Waals surface area contributed by atoms with Crippen LogP contribution in [0.4, 0.5) is 4.79 Å². The van der Waals surface area contributed by atoms with Gasteiger partial charge in [-0.3, -0.25) is 4.79 Å². The molecule has 0 aromatic rings. The number of rotatable bonds is 3. The molecule has 2 aliphatic heterocycles. The molecule has 0 aliphatic carbocycles. The van der Waals surface area contributed by atoms with E-state index in [0.717, 1.165) is 12.8 Å². The maximum atomic E-state index is 13.1. The van der Waals surface area contributed by atoms with E-state index < -0.39 is 12.1 Å². The normalized spacial score (nSPS) is 30.8. The Kier molecular flexibility index (Phi) is 6.11. The van der Waals surface area contributed by atoms with Crippen LogP contribution in [0.15, 0.2) is 0 Å². The van der Waals surface area contributed by atoms with Gasteiger partial charge in [0, 0.05) is 12.6 Å². The lowest BCUT2D eigenvalue weighted by molar-refractivity contribution is -0.137. The minimum absolute atomic E-state index is 0.0452. The molecule has 130 valence electrons. The molecular formula is C18H24N2O4. The van der Waals surface area contributed by atoms with Crippen molar-refractivity contribution in [3.63, 3.8) is 0 Å². The Labute approximate surface area is 143 Å². The van der Waals surface area contributed by atoms with Crippen molar-refractivity contribution in [2.45, 2.75) is 56.8 Å². The van der Waals surface area contributed by atoms with Crippen LogP contribution in [0, 0.1) is 30.6 Å². The van der Waals surface area contributed by atoms with E-state index in [0.29, 0.717) is 19.4 Å². The first-order valence-corrected chi connectivity index (χ1v) is 8.22. The Morgan fingerprint density at radius 2 is 2.04 bits per heavy atom. The van der Waals surface area contributed by atoms with Crippen LogP contribution in [0.5, 0.6) is 0 Å². The number of amides is 2. The zero-order valence-corrected chi connectivity index (χ0v) is 14.2. The smallest absolute Gasteiger partial charge is 0.407 e. The van der Waals surface area contributed by atoms with Gasteiger partial charge in [0.05, 0.1) is 13.2 Å². The van der Waals surface area contributed by atoms with Gasteiger partial charge in [0.1, 0.15) is 12.1 Å². The third kappa shape index (κ3) is 3.83. The van der Waals surface area contributed by atoms with Crippen LogP contribution in [-0.2, 0) is 14.3 Å². The summed E-state index contributed by atoms with van der Waals surface area (Å²) in [5.41, 5.74) is 0. The van der Waals surface area contributed by atoms with Gasteiger partial charge in [-0.25, -0.2) is 4.79 Å². The van der Waals surface area contributed by atoms with Crippen molar-refractivity contribution < 1.29 is 19.1 Å². The molecule has 2 amide bonds. The van der Waals surface area contributed by atoms with Crippen molar-refractivity contribution >= 4 is 12.0 Å². The van der Waals surface area contributed by atoms with E-state index in [4.69, 9.17) is 17.6 Å². The van der Waals surface area contributed by atoms with Gasteiger partial charge in [-0.1, -0.05) is 11.8 Å². The number of likely N-dealkylation sites (tertiary alicyclic amines) is 1. The van der Waals surface area contributed by atoms with Crippen molar-refractivity contribution in [1.82, 2.24) is 10.2 Å². The maximum absolute atomic E-state index is 13.1. The van der Waals surface area contributed by atoms with Gasteiger partial charge in [-0.15, -0.1) is 12.8 Å². The lowest BCUT2D eigenvalue weighted by Gasteiger charge is -2.36. The molecule has 2 fully saturated rings. The fraction of sp³-hybridized carbons (Fsp3) is 0.667. The average molecular weight is 332 g/mol. The highest BCUT2D eigenvalue weighted by Gasteiger charge is 2.41. The number of hydrogen-bond donors (Lipinski definition) is 1. The SMILES string of the molecule is C#CC1CC(C(NC(=O)OC)C(=O)N2C(C)CCC2C#C)CCO1. The number of methoxy groups -OCH3 is 1. The van der Waals surface area contributed by atoms with Crippen LogP contribution in [0.2, 0.25) is 0 Å². The van der Waals surface area contributed by atoms with Gasteiger partial charge in [-0.05, 0) is 38.5 Å². The quantitative estimate of drug-likeness (QED) is 0.788. The van der Waals surface area contributed by atoms with Gasteiger partial charge in [0.15, 0.2) is 0 Å². The van der Waals surface area contributed by atoms with Crippen LogP contribution in [0.25, 0.3) is 0 Å². The third-order valence-electron chi connectivity index (χ3n) is 4.82. The predicted octanol–water partition coefficient (Wildman–Crippen LogP) is 1.15. The van der Waals surface area contributed by atoms with Crippen LogP contribution >= 0.6 is 0 Å². The van der Waals surface area contributed by atoms with Crippen molar-refractivity contribution in [2.24, 2.45) is 5.92 Å². The Balaban J connectivity index is 2.22. The zero-order chi connectivity index (χ0) is 17.7. The predicted molar refractivity (Wildman–Crippen MR) is 88.8 cm³/mol. The second-order valence-electron chi connectivity index (χ2n) is 6.28. The van der Waals surface area contributed by atoms with Crippen molar-refractivity contribution in [3.8, 4) is 24.7 Å². The molecule has 2 aliphatic rings. The molecule has 2 rings (SSSR count). The topological polar surface area (TPSA) is 67.9 Å². The number of carbonyl (C=O) groups excluding carboxylic acids is 2. The minimum Gasteiger partial charge on any atom is -0.453 e. The molecule has 0 aromatic heterocycles. The number of nitrogens with zero attached hydrogens (tertiary/aromatic N) is 1. The van der Waals surface area contributed by atoms with Crippen LogP contribution < -0.4 is 5.32 Å². The number of alkyl carbamates (subject to hydrolysis) is 1. The van der Waals surface area contributed by atoms with Gasteiger partial charge in [-0.2, -0.15) is 0 Å². The molecule has 0 spiro atoms. The highest BCUT2D eigenvalue weighted by atomic mass is 16.5. The zero-order valence-electron chi connectivity index (χ0n) is 14.2. The highest BCUT2D eigenvalue weighted by Crippen LogP contribution is 2.29. The number of nitrogens with one attached hydrogen (secondary N) is 1. The summed E-state index contributed by atoms with van der Waals surface area (Å²) in [5.74, 6) is 4.96. The molecule has 0 bridgehead atoms. The molecule has 6 heteroatoms. The van der Waals surface area contributed by atoms with Crippen molar-refractivity contribution in [2.75, 3.05) is 13.7 Å². The Hall–Kier alpha value is -2.18. The molecule has 0 aromatic carbocycles. The first kappa shape index (κ1) is 18.2. The summed E-state index contributed by atoms with van der Waals surface area (Å²) in [6.07, 6.45) is 12.8. The molecule has 6 nitrogen and oxygen atoms in total. The molecule has 5 unspecified atom stereocenters. The molecular weight excluding hydrogens is 308 g/mol. The summed E-state index contributed by atoms with van der Waals surface area (Å²) in [5, 5.41) is 2.68. The van der Waals surface area contributed by atoms with Crippen molar-refractivity contribution in [1.29, 1.82) is 0 Å². The Morgan fingerprint density at radius 1 is 1.29 bits per heavy atom. The maximum Gasteiger partial charge on any atom is 0.407 e. The number of terminal acetylenes is 2. The van der Waals surface area contributed by atoms with Crippen LogP contribution in [-0.4, -0.2) is 54.8 Å². The first-order valence-electron chi connectivity index (χ1n) is 8.22. The van der Waals surface area contributed by atoms with E-state index in [2.05, 4.69) is 21.9 Å². The molecule has 2 saturated heterocycles. The van der Waals surface area contributed by atoms with Crippen LogP contribution in [0.1, 0.15) is 32.6 Å². The Bertz CT molecular complexity index is 562. The number of carbonyl (C=O) groups is 2. The molecule has 0 saturated carbocycles. The summed E-state index contributed by atoms with van der Waals surface area (Å²) in [4.78, 5) is 26.6. The standard InChI is InChI=1S/C18H24N2O4/c1-5-14-8-7-12(3)20(14)17(21)16(19-18(22)23-4)13-9-10-24-15(6-2)11-13/h1-2,12-16H,7-11H2,3-4H3,(H,19,22). The van der Waals surface area contributed by atoms with E-state index in [1.165, 1.54) is 7.11 Å². The second-order valence-corrected chi connectivity index (χ2v) is 6.28. The van der Waals surface area contributed by atoms with Gasteiger partial charge in [0.2, 0.25) is 5.91 Å². The minimum atomic E-state index is -0.714. The molecule has 5 atom stereocenters. The second kappa shape index (κ2) is 8.08. The fourth-order valence-electron chi connectivity index (χ4n) is 3.49. The highest BCUT2D eigenvalue weighted by molar-refractivity contribution is 5.87. The summed E-state index contributed by atoms with van der Waals surface area (Å²) in [6.45, 7) is 2.43. The van der Waals surface area contributed by atoms with E-state index in [1.807, 2.05) is 6.92 Å². The summed E-state index contributed by atoms with van der Waals surface area (Å²) in [7, 11) is 1.27. The van der Waals surface area contributed by atoms with Crippen molar-refractivity contribution in [3.05, 3.63) is 0 Å². The molecule has 2 heterocycles. The van der Waals surface area contributed by atoms with Gasteiger partial charge >= 0.3 is 6.09 Å². The average Bonchev–Trinajstić information content (AvgIpc) is 2.99. The van der Waals surface area contributed by atoms with E-state index in [1.54, 1.807) is 4.90 Å². The fourth-order valence-corrected chi connectivity index (χ4v) is 3.49. The van der Waals surface area contributed by atoms with E-state index >= 15 is 0 Å². The summed E-state index contributed by atoms with van der Waals surface area (Å²) in [6, 6.07) is -0.907. The molecule has 1 N–H and O–H groups in total. The lowest BCUT2D eigenvalue weighted by atomic mass is 9.87. The van der Waals surface area contributed by atoms with Crippen LogP contribution in [0.3, 0.4) is 0 Å². The monoisotopic (exact) mass is 332 g/mol. The van der Waals surface area contributed by atoms with Gasteiger partial charge < -0.3 is 19.7 Å². The molecule has 0 radical (unpaired) electrons. The number of hydrogen-bond acceptors (Lipinski definition) is 4. The number of ether oxygens (including phenoxy) is 2. The first-order chi connectivity index (χ1) is 11.5. The lowest BCUT2D eigenvalue weighted by Crippen LogP contribution is -2.56. The summed E-state index contributed by atoms with van der Waals surface area (Å²) < 4.78 is 10.2. The van der Waals surface area contributed by atoms with E-state index in [9.17, 15) is 9.59 Å². The third-order valence-corrected chi connectivity index (χ3v) is 4.82. The Morgan fingerprint density at radius 3 is 2.67 bits per heavy atom. The summed E-state index contributed by atoms with van der Waals surface area (Å²) >= 11 is 0. The molecule has 24 heavy (non-hydrogen) atoms. The largest absolute Gasteiger partial charge is 0.453 e. The van der Waals surface area contributed by atoms with E-state index in [-0.39, 0.29) is 30.0 Å².